The van der Waals surface area contributed by atoms with Gasteiger partial charge in [0.1, 0.15) is 0 Å². The number of hydrogen-bond acceptors (Lipinski definition) is 5. The number of aromatic carboxylic acids is 1. The standard InChI is InChI=1S/C11H9ClN2O5S/c1-6-4-10(19-13-6)14-20(17,18)7-2-3-8(11(15)16)9(12)5-7/h2-5,14H,1H3,(H,15,16). The zero-order valence-electron chi connectivity index (χ0n) is 10.1. The Bertz CT molecular complexity index is 769. The van der Waals surface area contributed by atoms with Crippen molar-refractivity contribution in [3.8, 4) is 0 Å². The Morgan fingerprint density at radius 1 is 1.40 bits per heavy atom. The molecule has 2 aromatic rings. The van der Waals surface area contributed by atoms with Gasteiger partial charge in [-0.25, -0.2) is 17.9 Å². The highest BCUT2D eigenvalue weighted by Gasteiger charge is 2.19. The molecule has 0 aliphatic rings. The summed E-state index contributed by atoms with van der Waals surface area (Å²) < 4.78 is 31.0. The first-order valence-electron chi connectivity index (χ1n) is 5.28. The van der Waals surface area contributed by atoms with Crippen molar-refractivity contribution in [2.24, 2.45) is 0 Å². The summed E-state index contributed by atoms with van der Waals surface area (Å²) >= 11 is 5.73. The van der Waals surface area contributed by atoms with Gasteiger partial charge in [-0.15, -0.1) is 0 Å². The van der Waals surface area contributed by atoms with Crippen LogP contribution in [-0.4, -0.2) is 24.7 Å². The molecule has 0 spiro atoms. The van der Waals surface area contributed by atoms with Gasteiger partial charge in [-0.1, -0.05) is 16.8 Å². The molecule has 0 aliphatic carbocycles. The second-order valence-electron chi connectivity index (χ2n) is 3.88. The summed E-state index contributed by atoms with van der Waals surface area (Å²) in [5.74, 6) is -1.28. The van der Waals surface area contributed by atoms with Gasteiger partial charge < -0.3 is 9.63 Å². The first kappa shape index (κ1) is 14.4. The second-order valence-corrected chi connectivity index (χ2v) is 5.97. The van der Waals surface area contributed by atoms with Crippen molar-refractivity contribution in [3.05, 3.63) is 40.5 Å². The molecular weight excluding hydrogens is 308 g/mol. The summed E-state index contributed by atoms with van der Waals surface area (Å²) in [5, 5.41) is 12.2. The average molecular weight is 317 g/mol. The van der Waals surface area contributed by atoms with E-state index in [9.17, 15) is 13.2 Å². The van der Waals surface area contributed by atoms with E-state index in [2.05, 4.69) is 9.88 Å². The molecule has 0 fully saturated rings. The van der Waals surface area contributed by atoms with Crippen molar-refractivity contribution < 1.29 is 22.8 Å². The highest BCUT2D eigenvalue weighted by atomic mass is 35.5. The summed E-state index contributed by atoms with van der Waals surface area (Å²) in [7, 11) is -3.93. The third-order valence-corrected chi connectivity index (χ3v) is 4.00. The van der Waals surface area contributed by atoms with E-state index in [1.54, 1.807) is 6.92 Å². The summed E-state index contributed by atoms with van der Waals surface area (Å²) in [4.78, 5) is 10.6. The average Bonchev–Trinajstić information content (AvgIpc) is 2.73. The number of benzene rings is 1. The lowest BCUT2D eigenvalue weighted by Gasteiger charge is -2.06. The van der Waals surface area contributed by atoms with E-state index in [4.69, 9.17) is 21.2 Å². The molecule has 0 atom stereocenters. The molecule has 0 unspecified atom stereocenters. The van der Waals surface area contributed by atoms with E-state index < -0.39 is 16.0 Å². The van der Waals surface area contributed by atoms with Crippen LogP contribution < -0.4 is 4.72 Å². The lowest BCUT2D eigenvalue weighted by molar-refractivity contribution is 0.0697. The number of aromatic nitrogens is 1. The number of halogens is 1. The highest BCUT2D eigenvalue weighted by Crippen LogP contribution is 2.23. The van der Waals surface area contributed by atoms with Crippen molar-refractivity contribution in [1.82, 2.24) is 5.16 Å². The lowest BCUT2D eigenvalue weighted by atomic mass is 10.2. The maximum Gasteiger partial charge on any atom is 0.337 e. The van der Waals surface area contributed by atoms with E-state index in [0.717, 1.165) is 18.2 Å². The molecule has 1 aromatic heterocycles. The smallest absolute Gasteiger partial charge is 0.337 e. The lowest BCUT2D eigenvalue weighted by Crippen LogP contribution is -2.13. The van der Waals surface area contributed by atoms with Crippen LogP contribution >= 0.6 is 11.6 Å². The van der Waals surface area contributed by atoms with Crippen LogP contribution in [0.15, 0.2) is 33.7 Å². The Balaban J connectivity index is 2.35. The SMILES string of the molecule is Cc1cc(NS(=O)(=O)c2ccc(C(=O)O)c(Cl)c2)on1. The van der Waals surface area contributed by atoms with E-state index >= 15 is 0 Å². The molecule has 1 aromatic carbocycles. The van der Waals surface area contributed by atoms with Gasteiger partial charge in [0.15, 0.2) is 0 Å². The number of carboxylic acids is 1. The molecule has 0 saturated heterocycles. The van der Waals surface area contributed by atoms with Crippen LogP contribution in [0.5, 0.6) is 0 Å². The molecule has 0 saturated carbocycles. The van der Waals surface area contributed by atoms with Crippen molar-refractivity contribution in [2.75, 3.05) is 4.72 Å². The quantitative estimate of drug-likeness (QED) is 0.894. The van der Waals surface area contributed by atoms with Crippen LogP contribution in [0.4, 0.5) is 5.88 Å². The molecule has 1 heterocycles. The zero-order valence-corrected chi connectivity index (χ0v) is 11.7. The van der Waals surface area contributed by atoms with E-state index in [1.807, 2.05) is 0 Å². The number of rotatable bonds is 4. The number of nitrogens with zero attached hydrogens (tertiary/aromatic N) is 1. The molecule has 9 heteroatoms. The maximum absolute atomic E-state index is 12.0. The van der Waals surface area contributed by atoms with Crippen LogP contribution in [0.2, 0.25) is 5.02 Å². The van der Waals surface area contributed by atoms with Crippen LogP contribution in [0.25, 0.3) is 0 Å². The third kappa shape index (κ3) is 2.91. The fraction of sp³-hybridized carbons (Fsp3) is 0.0909. The van der Waals surface area contributed by atoms with Gasteiger partial charge >= 0.3 is 5.97 Å². The summed E-state index contributed by atoms with van der Waals surface area (Å²) in [6, 6.07) is 4.72. The number of carbonyl (C=O) groups is 1. The molecule has 106 valence electrons. The van der Waals surface area contributed by atoms with Gasteiger partial charge in [0.05, 0.1) is 21.2 Å². The van der Waals surface area contributed by atoms with E-state index in [0.29, 0.717) is 5.69 Å². The van der Waals surface area contributed by atoms with Crippen LogP contribution in [-0.2, 0) is 10.0 Å². The van der Waals surface area contributed by atoms with Gasteiger partial charge in [-0.05, 0) is 25.1 Å². The molecule has 2 rings (SSSR count). The highest BCUT2D eigenvalue weighted by molar-refractivity contribution is 7.92. The van der Waals surface area contributed by atoms with Crippen molar-refractivity contribution >= 4 is 33.5 Å². The summed E-state index contributed by atoms with van der Waals surface area (Å²) in [6.45, 7) is 1.64. The number of carboxylic acid groups (broad SMARTS) is 1. The van der Waals surface area contributed by atoms with Crippen molar-refractivity contribution in [1.29, 1.82) is 0 Å². The minimum absolute atomic E-state index is 0.0408. The fourth-order valence-corrected chi connectivity index (χ4v) is 2.76. The fourth-order valence-electron chi connectivity index (χ4n) is 1.44. The van der Waals surface area contributed by atoms with Crippen LogP contribution in [0.1, 0.15) is 16.1 Å². The van der Waals surface area contributed by atoms with E-state index in [1.165, 1.54) is 6.07 Å². The molecule has 20 heavy (non-hydrogen) atoms. The van der Waals surface area contributed by atoms with Gasteiger partial charge in [-0.2, -0.15) is 0 Å². The molecule has 7 nitrogen and oxygen atoms in total. The minimum Gasteiger partial charge on any atom is -0.478 e. The monoisotopic (exact) mass is 316 g/mol. The van der Waals surface area contributed by atoms with Crippen LogP contribution in [0, 0.1) is 6.92 Å². The Morgan fingerprint density at radius 2 is 2.10 bits per heavy atom. The second kappa shape index (κ2) is 5.14. The molecule has 0 radical (unpaired) electrons. The number of nitrogens with one attached hydrogen (secondary N) is 1. The van der Waals surface area contributed by atoms with Crippen molar-refractivity contribution in [2.45, 2.75) is 11.8 Å². The summed E-state index contributed by atoms with van der Waals surface area (Å²) in [5.41, 5.74) is 0.336. The first-order valence-corrected chi connectivity index (χ1v) is 7.15. The normalized spacial score (nSPS) is 11.3. The van der Waals surface area contributed by atoms with E-state index in [-0.39, 0.29) is 21.4 Å². The number of hydrogen-bond donors (Lipinski definition) is 2. The van der Waals surface area contributed by atoms with Gasteiger partial charge in [0.25, 0.3) is 10.0 Å². The number of aryl methyl sites for hydroxylation is 1. The first-order chi connectivity index (χ1) is 9.29. The molecular formula is C11H9ClN2O5S. The Morgan fingerprint density at radius 3 is 2.60 bits per heavy atom. The Labute approximate surface area is 119 Å². The Kier molecular flexibility index (Phi) is 3.69. The topological polar surface area (TPSA) is 110 Å². The molecule has 0 amide bonds. The molecule has 0 bridgehead atoms. The maximum atomic E-state index is 12.0. The molecule has 2 N–H and O–H groups in total. The van der Waals surface area contributed by atoms with Gasteiger partial charge in [0.2, 0.25) is 5.88 Å². The van der Waals surface area contributed by atoms with Crippen molar-refractivity contribution in [3.63, 3.8) is 0 Å². The predicted octanol–water partition coefficient (Wildman–Crippen LogP) is 2.14. The van der Waals surface area contributed by atoms with Gasteiger partial charge in [-0.3, -0.25) is 0 Å². The zero-order chi connectivity index (χ0) is 14.9. The largest absolute Gasteiger partial charge is 0.478 e. The van der Waals surface area contributed by atoms with Crippen LogP contribution in [0.3, 0.4) is 0 Å². The molecule has 0 aliphatic heterocycles. The number of sulfonamides is 1. The Hall–Kier alpha value is -2.06. The van der Waals surface area contributed by atoms with Gasteiger partial charge in [0, 0.05) is 6.07 Å². The summed E-state index contributed by atoms with van der Waals surface area (Å²) in [6.07, 6.45) is 0. The predicted molar refractivity (Wildman–Crippen MR) is 70.5 cm³/mol. The minimum atomic E-state index is -3.93. The third-order valence-electron chi connectivity index (χ3n) is 2.34. The number of anilines is 1.